The maximum atomic E-state index is 11.9. The fourth-order valence-electron chi connectivity index (χ4n) is 3.06. The third kappa shape index (κ3) is 4.39. The van der Waals surface area contributed by atoms with Crippen LogP contribution >= 0.6 is 33.9 Å². The number of aromatic nitrogens is 1. The third-order valence-electron chi connectivity index (χ3n) is 4.13. The average Bonchev–Trinajstić information content (AvgIpc) is 3.06. The van der Waals surface area contributed by atoms with Gasteiger partial charge in [0.25, 0.3) is 0 Å². The standard InChI is InChI=1S/C16H23IN2O4S/c1-15(2,3)23-14(20)19-13-11(17)18-12(24-13)10-4-6-16(7-5-10)21-8-9-22-16/h10H,4-9H2,1-3H3,(H,19,20). The van der Waals surface area contributed by atoms with Gasteiger partial charge in [-0.25, -0.2) is 9.78 Å². The van der Waals surface area contributed by atoms with Crippen molar-refractivity contribution in [3.05, 3.63) is 8.71 Å². The van der Waals surface area contributed by atoms with Crippen molar-refractivity contribution in [3.63, 3.8) is 0 Å². The lowest BCUT2D eigenvalue weighted by Crippen LogP contribution is -2.34. The van der Waals surface area contributed by atoms with Crippen molar-refractivity contribution in [2.24, 2.45) is 0 Å². The minimum Gasteiger partial charge on any atom is -0.444 e. The molecule has 1 saturated carbocycles. The number of halogens is 1. The van der Waals surface area contributed by atoms with Crippen LogP contribution in [0.2, 0.25) is 0 Å². The highest BCUT2D eigenvalue weighted by atomic mass is 127. The van der Waals surface area contributed by atoms with E-state index in [1.807, 2.05) is 20.8 Å². The van der Waals surface area contributed by atoms with Gasteiger partial charge < -0.3 is 14.2 Å². The van der Waals surface area contributed by atoms with Crippen molar-refractivity contribution in [1.29, 1.82) is 0 Å². The lowest BCUT2D eigenvalue weighted by molar-refractivity contribution is -0.178. The Bertz CT molecular complexity index is 598. The highest BCUT2D eigenvalue weighted by Gasteiger charge is 2.41. The number of hydrogen-bond donors (Lipinski definition) is 1. The van der Waals surface area contributed by atoms with Crippen molar-refractivity contribution in [1.82, 2.24) is 4.98 Å². The lowest BCUT2D eigenvalue weighted by atomic mass is 9.85. The number of thiazole rings is 1. The van der Waals surface area contributed by atoms with Crippen LogP contribution in [0, 0.1) is 3.70 Å². The van der Waals surface area contributed by atoms with Crippen LogP contribution in [0.5, 0.6) is 0 Å². The first-order chi connectivity index (χ1) is 11.3. The number of ether oxygens (including phenoxy) is 3. The smallest absolute Gasteiger partial charge is 0.412 e. The molecule has 1 amide bonds. The van der Waals surface area contributed by atoms with E-state index in [-0.39, 0.29) is 5.79 Å². The molecule has 0 radical (unpaired) electrons. The Morgan fingerprint density at radius 3 is 2.54 bits per heavy atom. The predicted octanol–water partition coefficient (Wildman–Crippen LogP) is 4.50. The first kappa shape index (κ1) is 18.3. The highest BCUT2D eigenvalue weighted by molar-refractivity contribution is 14.1. The van der Waals surface area contributed by atoms with Gasteiger partial charge in [0.15, 0.2) is 5.79 Å². The van der Waals surface area contributed by atoms with Gasteiger partial charge in [-0.2, -0.15) is 0 Å². The Morgan fingerprint density at radius 2 is 1.96 bits per heavy atom. The molecule has 0 bridgehead atoms. The topological polar surface area (TPSA) is 69.7 Å². The highest BCUT2D eigenvalue weighted by Crippen LogP contribution is 2.44. The minimum absolute atomic E-state index is 0.349. The summed E-state index contributed by atoms with van der Waals surface area (Å²) in [6.07, 6.45) is 3.36. The molecule has 1 spiro atoms. The van der Waals surface area contributed by atoms with E-state index in [4.69, 9.17) is 14.2 Å². The van der Waals surface area contributed by atoms with Gasteiger partial charge in [0.2, 0.25) is 0 Å². The van der Waals surface area contributed by atoms with Gasteiger partial charge in [0, 0.05) is 18.8 Å². The van der Waals surface area contributed by atoms with Gasteiger partial charge >= 0.3 is 6.09 Å². The molecule has 1 saturated heterocycles. The van der Waals surface area contributed by atoms with Crippen LogP contribution in [0.1, 0.15) is 57.4 Å². The molecular formula is C16H23IN2O4S. The number of nitrogens with one attached hydrogen (secondary N) is 1. The molecule has 8 heteroatoms. The molecule has 2 heterocycles. The maximum absolute atomic E-state index is 11.9. The summed E-state index contributed by atoms with van der Waals surface area (Å²) in [5, 5.41) is 4.64. The zero-order chi connectivity index (χ0) is 17.4. The molecule has 6 nitrogen and oxygen atoms in total. The van der Waals surface area contributed by atoms with E-state index in [1.165, 1.54) is 11.3 Å². The summed E-state index contributed by atoms with van der Waals surface area (Å²) in [7, 11) is 0. The lowest BCUT2D eigenvalue weighted by Gasteiger charge is -2.34. The van der Waals surface area contributed by atoms with Crippen molar-refractivity contribution in [3.8, 4) is 0 Å². The van der Waals surface area contributed by atoms with Gasteiger partial charge in [-0.05, 0) is 56.2 Å². The second-order valence-corrected chi connectivity index (χ2v) is 9.23. The first-order valence-corrected chi connectivity index (χ1v) is 10.1. The molecular weight excluding hydrogens is 443 g/mol. The Labute approximate surface area is 159 Å². The van der Waals surface area contributed by atoms with Crippen LogP contribution in [-0.4, -0.2) is 35.7 Å². The van der Waals surface area contributed by atoms with Gasteiger partial charge in [0.1, 0.15) is 14.3 Å². The average molecular weight is 466 g/mol. The summed E-state index contributed by atoms with van der Waals surface area (Å²) in [5.41, 5.74) is -0.512. The van der Waals surface area contributed by atoms with Crippen LogP contribution in [0.15, 0.2) is 0 Å². The molecule has 3 rings (SSSR count). The monoisotopic (exact) mass is 466 g/mol. The van der Waals surface area contributed by atoms with Gasteiger partial charge in [0.05, 0.1) is 18.2 Å². The van der Waals surface area contributed by atoms with Gasteiger partial charge in [-0.15, -0.1) is 0 Å². The van der Waals surface area contributed by atoms with Crippen LogP contribution in [-0.2, 0) is 14.2 Å². The molecule has 0 aromatic carbocycles. The summed E-state index contributed by atoms with van der Waals surface area (Å²) in [6, 6.07) is 0. The van der Waals surface area contributed by atoms with E-state index >= 15 is 0 Å². The zero-order valence-electron chi connectivity index (χ0n) is 14.2. The molecule has 2 fully saturated rings. The zero-order valence-corrected chi connectivity index (χ0v) is 17.2. The molecule has 134 valence electrons. The number of rotatable bonds is 2. The molecule has 1 aromatic heterocycles. The van der Waals surface area contributed by atoms with E-state index in [0.717, 1.165) is 39.4 Å². The molecule has 1 N–H and O–H groups in total. The fraction of sp³-hybridized carbons (Fsp3) is 0.750. The predicted molar refractivity (Wildman–Crippen MR) is 101 cm³/mol. The summed E-state index contributed by atoms with van der Waals surface area (Å²) in [5.74, 6) is 0.0505. The molecule has 1 aliphatic heterocycles. The SMILES string of the molecule is CC(C)(C)OC(=O)Nc1sc(C2CCC3(CC2)OCCO3)nc1I. The maximum Gasteiger partial charge on any atom is 0.412 e. The normalized spacial score (nSPS) is 21.2. The van der Waals surface area contributed by atoms with Crippen LogP contribution in [0.3, 0.4) is 0 Å². The van der Waals surface area contributed by atoms with Crippen LogP contribution in [0.4, 0.5) is 9.80 Å². The molecule has 2 aliphatic rings. The number of nitrogens with zero attached hydrogens (tertiary/aromatic N) is 1. The van der Waals surface area contributed by atoms with Crippen molar-refractivity contribution >= 4 is 45.0 Å². The van der Waals surface area contributed by atoms with Crippen molar-refractivity contribution in [2.75, 3.05) is 18.5 Å². The van der Waals surface area contributed by atoms with Crippen LogP contribution < -0.4 is 5.32 Å². The molecule has 1 aromatic rings. The Morgan fingerprint density at radius 1 is 1.33 bits per heavy atom. The number of carbonyl (C=O) groups excluding carboxylic acids is 1. The second-order valence-electron chi connectivity index (χ2n) is 7.18. The van der Waals surface area contributed by atoms with E-state index in [9.17, 15) is 4.79 Å². The summed E-state index contributed by atoms with van der Waals surface area (Å²) in [6.45, 7) is 6.94. The van der Waals surface area contributed by atoms with Crippen LogP contribution in [0.25, 0.3) is 0 Å². The molecule has 0 unspecified atom stereocenters. The molecule has 24 heavy (non-hydrogen) atoms. The quantitative estimate of drug-likeness (QED) is 0.651. The van der Waals surface area contributed by atoms with Gasteiger partial charge in [-0.3, -0.25) is 5.32 Å². The Balaban J connectivity index is 1.61. The number of carbonyl (C=O) groups is 1. The van der Waals surface area contributed by atoms with E-state index in [0.29, 0.717) is 19.1 Å². The summed E-state index contributed by atoms with van der Waals surface area (Å²) in [4.78, 5) is 16.6. The summed E-state index contributed by atoms with van der Waals surface area (Å²) < 4.78 is 17.7. The third-order valence-corrected chi connectivity index (χ3v) is 6.41. The Hall–Kier alpha value is -0.450. The number of anilines is 1. The number of hydrogen-bond acceptors (Lipinski definition) is 6. The second kappa shape index (κ2) is 7.05. The Kier molecular flexibility index (Phi) is 5.39. The van der Waals surface area contributed by atoms with E-state index < -0.39 is 11.7 Å². The minimum atomic E-state index is -0.512. The largest absolute Gasteiger partial charge is 0.444 e. The van der Waals surface area contributed by atoms with Crippen molar-refractivity contribution < 1.29 is 19.0 Å². The first-order valence-electron chi connectivity index (χ1n) is 8.20. The van der Waals surface area contributed by atoms with E-state index in [2.05, 4.69) is 32.9 Å². The number of amides is 1. The fourth-order valence-corrected chi connectivity index (χ4v) is 4.96. The van der Waals surface area contributed by atoms with Crippen molar-refractivity contribution in [2.45, 2.75) is 63.8 Å². The summed E-state index contributed by atoms with van der Waals surface area (Å²) >= 11 is 3.70. The van der Waals surface area contributed by atoms with E-state index in [1.54, 1.807) is 0 Å². The molecule has 0 atom stereocenters. The molecule has 1 aliphatic carbocycles. The van der Waals surface area contributed by atoms with Gasteiger partial charge in [-0.1, -0.05) is 11.3 Å².